The zero-order valence-corrected chi connectivity index (χ0v) is 8.73. The van der Waals surface area contributed by atoms with Gasteiger partial charge in [-0.1, -0.05) is 12.1 Å². The average molecular weight is 205 g/mol. The lowest BCUT2D eigenvalue weighted by molar-refractivity contribution is 0.327. The maximum atomic E-state index is 5.62. The van der Waals surface area contributed by atoms with Gasteiger partial charge < -0.3 is 15.8 Å². The van der Waals surface area contributed by atoms with Gasteiger partial charge in [-0.25, -0.2) is 4.99 Å². The molecular weight excluding hydrogens is 190 g/mol. The van der Waals surface area contributed by atoms with Gasteiger partial charge in [0.1, 0.15) is 6.61 Å². The molecule has 0 spiro atoms. The molecule has 0 amide bonds. The number of hydrogen-bond donors (Lipinski definition) is 2. The van der Waals surface area contributed by atoms with Gasteiger partial charge in [-0.2, -0.15) is 0 Å². The highest BCUT2D eigenvalue weighted by molar-refractivity contribution is 5.75. The summed E-state index contributed by atoms with van der Waals surface area (Å²) in [7, 11) is 0. The molecule has 0 aromatic heterocycles. The molecule has 1 aromatic carbocycles. The molecule has 1 aliphatic heterocycles. The number of benzene rings is 1. The minimum Gasteiger partial charge on any atom is -0.463 e. The molecule has 0 saturated heterocycles. The fraction of sp³-hybridized carbons (Fsp3) is 0.364. The van der Waals surface area contributed by atoms with Gasteiger partial charge in [0.25, 0.3) is 6.02 Å². The number of nitrogens with zero attached hydrogens (tertiary/aromatic N) is 1. The zero-order valence-electron chi connectivity index (χ0n) is 8.73. The minimum atomic E-state index is 0.183. The van der Waals surface area contributed by atoms with Gasteiger partial charge in [-0.3, -0.25) is 0 Å². The lowest BCUT2D eigenvalue weighted by Crippen LogP contribution is -2.26. The molecule has 2 rings (SSSR count). The summed E-state index contributed by atoms with van der Waals surface area (Å²) in [4.78, 5) is 4.18. The molecule has 0 radical (unpaired) electrons. The van der Waals surface area contributed by atoms with Gasteiger partial charge in [-0.05, 0) is 24.6 Å². The van der Waals surface area contributed by atoms with Crippen molar-refractivity contribution >= 4 is 11.7 Å². The van der Waals surface area contributed by atoms with Crippen LogP contribution in [-0.2, 0) is 4.74 Å². The molecule has 80 valence electrons. The van der Waals surface area contributed by atoms with Gasteiger partial charge in [-0.15, -0.1) is 0 Å². The minimum absolute atomic E-state index is 0.183. The van der Waals surface area contributed by atoms with Crippen LogP contribution in [0.15, 0.2) is 29.3 Å². The van der Waals surface area contributed by atoms with E-state index in [4.69, 9.17) is 10.5 Å². The normalized spacial score (nSPS) is 16.7. The molecule has 0 unspecified atom stereocenters. The molecular formula is C11H15N3O. The smallest absolute Gasteiger partial charge is 0.285 e. The molecule has 1 heterocycles. The quantitative estimate of drug-likeness (QED) is 0.715. The van der Waals surface area contributed by atoms with Crippen molar-refractivity contribution in [1.29, 1.82) is 0 Å². The average Bonchev–Trinajstić information content (AvgIpc) is 2.71. The fourth-order valence-corrected chi connectivity index (χ4v) is 1.48. The number of nitrogens with one attached hydrogen (secondary N) is 1. The van der Waals surface area contributed by atoms with Gasteiger partial charge in [0.2, 0.25) is 0 Å². The molecule has 0 fully saturated rings. The molecule has 1 atom stereocenters. The van der Waals surface area contributed by atoms with E-state index in [0.717, 1.165) is 12.2 Å². The van der Waals surface area contributed by atoms with Gasteiger partial charge in [0.05, 0.1) is 12.6 Å². The highest BCUT2D eigenvalue weighted by Crippen LogP contribution is 2.14. The molecule has 1 aliphatic rings. The van der Waals surface area contributed by atoms with Crippen LogP contribution in [0.5, 0.6) is 0 Å². The van der Waals surface area contributed by atoms with E-state index in [1.807, 2.05) is 24.3 Å². The van der Waals surface area contributed by atoms with E-state index in [-0.39, 0.29) is 6.04 Å². The van der Waals surface area contributed by atoms with Crippen LogP contribution in [0.3, 0.4) is 0 Å². The van der Waals surface area contributed by atoms with Crippen molar-refractivity contribution in [2.24, 2.45) is 4.99 Å². The summed E-state index contributed by atoms with van der Waals surface area (Å²) < 4.78 is 5.28. The van der Waals surface area contributed by atoms with Crippen LogP contribution in [0.4, 0.5) is 5.69 Å². The first-order valence-electron chi connectivity index (χ1n) is 5.05. The van der Waals surface area contributed by atoms with Crippen molar-refractivity contribution in [3.63, 3.8) is 0 Å². The van der Waals surface area contributed by atoms with Gasteiger partial charge >= 0.3 is 0 Å². The Morgan fingerprint density at radius 1 is 1.40 bits per heavy atom. The second-order valence-corrected chi connectivity index (χ2v) is 3.57. The van der Waals surface area contributed by atoms with Crippen LogP contribution in [0, 0.1) is 0 Å². The summed E-state index contributed by atoms with van der Waals surface area (Å²) in [5.41, 5.74) is 7.57. The Balaban J connectivity index is 2.00. The number of hydrogen-bond acceptors (Lipinski definition) is 4. The standard InChI is InChI=1S/C11H15N3O/c1-8(14-11-13-6-7-15-11)9-2-4-10(12)5-3-9/h2-5,8H,6-7,12H2,1H3,(H,13,14)/t8-/m1/s1. The van der Waals surface area contributed by atoms with E-state index < -0.39 is 0 Å². The largest absolute Gasteiger partial charge is 0.463 e. The number of amidine groups is 1. The summed E-state index contributed by atoms with van der Waals surface area (Å²) in [5.74, 6) is 0. The molecule has 0 saturated carbocycles. The molecule has 0 bridgehead atoms. The lowest BCUT2D eigenvalue weighted by Gasteiger charge is -2.14. The molecule has 3 N–H and O–H groups in total. The van der Waals surface area contributed by atoms with Crippen molar-refractivity contribution in [3.05, 3.63) is 29.8 Å². The van der Waals surface area contributed by atoms with Crippen LogP contribution in [0.25, 0.3) is 0 Å². The lowest BCUT2D eigenvalue weighted by atomic mass is 10.1. The van der Waals surface area contributed by atoms with Crippen molar-refractivity contribution in [3.8, 4) is 0 Å². The number of aliphatic imine (C=N–C) groups is 1. The predicted molar refractivity (Wildman–Crippen MR) is 60.7 cm³/mol. The Bertz CT molecular complexity index is 359. The maximum Gasteiger partial charge on any atom is 0.285 e. The molecule has 15 heavy (non-hydrogen) atoms. The number of rotatable bonds is 2. The van der Waals surface area contributed by atoms with E-state index in [0.29, 0.717) is 12.6 Å². The van der Waals surface area contributed by atoms with E-state index in [1.165, 1.54) is 5.56 Å². The van der Waals surface area contributed by atoms with Crippen LogP contribution in [0.2, 0.25) is 0 Å². The number of anilines is 1. The molecule has 4 heteroatoms. The van der Waals surface area contributed by atoms with E-state index >= 15 is 0 Å². The van der Waals surface area contributed by atoms with Crippen LogP contribution < -0.4 is 11.1 Å². The Kier molecular flexibility index (Phi) is 2.76. The van der Waals surface area contributed by atoms with E-state index in [2.05, 4.69) is 17.2 Å². The number of nitrogen functional groups attached to an aromatic ring is 1. The highest BCUT2D eigenvalue weighted by atomic mass is 16.5. The molecule has 1 aromatic rings. The first-order valence-corrected chi connectivity index (χ1v) is 5.05. The van der Waals surface area contributed by atoms with Crippen molar-refractivity contribution in [1.82, 2.24) is 5.32 Å². The first kappa shape index (κ1) is 9.83. The Morgan fingerprint density at radius 3 is 2.73 bits per heavy atom. The van der Waals surface area contributed by atoms with Crippen molar-refractivity contribution < 1.29 is 4.74 Å². The van der Waals surface area contributed by atoms with Crippen LogP contribution in [-0.4, -0.2) is 19.2 Å². The third-order valence-electron chi connectivity index (χ3n) is 2.36. The van der Waals surface area contributed by atoms with E-state index in [9.17, 15) is 0 Å². The van der Waals surface area contributed by atoms with Gasteiger partial charge in [0.15, 0.2) is 0 Å². The first-order chi connectivity index (χ1) is 7.25. The van der Waals surface area contributed by atoms with Crippen molar-refractivity contribution in [2.75, 3.05) is 18.9 Å². The Morgan fingerprint density at radius 2 is 2.13 bits per heavy atom. The Labute approximate surface area is 89.1 Å². The maximum absolute atomic E-state index is 5.62. The van der Waals surface area contributed by atoms with Crippen LogP contribution >= 0.6 is 0 Å². The number of nitrogens with two attached hydrogens (primary N) is 1. The van der Waals surface area contributed by atoms with Crippen molar-refractivity contribution in [2.45, 2.75) is 13.0 Å². The SMILES string of the molecule is C[C@@H](NC1=NCCO1)c1ccc(N)cc1. The third kappa shape index (κ3) is 2.40. The summed E-state index contributed by atoms with van der Waals surface area (Å²) >= 11 is 0. The summed E-state index contributed by atoms with van der Waals surface area (Å²) in [5, 5.41) is 3.20. The van der Waals surface area contributed by atoms with Gasteiger partial charge in [0, 0.05) is 5.69 Å². The Hall–Kier alpha value is -1.71. The summed E-state index contributed by atoms with van der Waals surface area (Å²) in [6, 6.07) is 8.61. The zero-order chi connectivity index (χ0) is 10.7. The fourth-order valence-electron chi connectivity index (χ4n) is 1.48. The molecule has 0 aliphatic carbocycles. The second-order valence-electron chi connectivity index (χ2n) is 3.57. The highest BCUT2D eigenvalue weighted by Gasteiger charge is 2.11. The van der Waals surface area contributed by atoms with Crippen LogP contribution in [0.1, 0.15) is 18.5 Å². The predicted octanol–water partition coefficient (Wildman–Crippen LogP) is 1.31. The second kappa shape index (κ2) is 4.21. The topological polar surface area (TPSA) is 59.6 Å². The van der Waals surface area contributed by atoms with E-state index in [1.54, 1.807) is 0 Å². The third-order valence-corrected chi connectivity index (χ3v) is 2.36. The summed E-state index contributed by atoms with van der Waals surface area (Å²) in [6.45, 7) is 3.49. The molecule has 4 nitrogen and oxygen atoms in total. The number of ether oxygens (including phenoxy) is 1. The monoisotopic (exact) mass is 205 g/mol. The summed E-state index contributed by atoms with van der Waals surface area (Å²) in [6.07, 6.45) is 0.